The molecule has 0 unspecified atom stereocenters. The quantitative estimate of drug-likeness (QED) is 0.896. The Hall–Kier alpha value is -2.44. The second-order valence-corrected chi connectivity index (χ2v) is 6.62. The molecule has 2 aromatic heterocycles. The highest BCUT2D eigenvalue weighted by molar-refractivity contribution is 5.48. The normalized spacial score (nSPS) is 14.9. The largest absolute Gasteiger partial charge is 0.354 e. The van der Waals surface area contributed by atoms with Crippen molar-refractivity contribution < 1.29 is 0 Å². The molecule has 7 nitrogen and oxygen atoms in total. The van der Waals surface area contributed by atoms with E-state index in [-0.39, 0.29) is 0 Å². The highest BCUT2D eigenvalue weighted by Crippen LogP contribution is 2.20. The van der Waals surface area contributed by atoms with Crippen LogP contribution < -0.4 is 15.1 Å². The van der Waals surface area contributed by atoms with Gasteiger partial charge in [0, 0.05) is 56.6 Å². The van der Waals surface area contributed by atoms with E-state index in [0.717, 1.165) is 55.9 Å². The maximum absolute atomic E-state index is 4.71. The van der Waals surface area contributed by atoms with E-state index in [1.165, 1.54) is 0 Å². The molecule has 1 N–H and O–H groups in total. The van der Waals surface area contributed by atoms with Crippen LogP contribution in [-0.2, 0) is 0 Å². The van der Waals surface area contributed by atoms with Crippen LogP contribution >= 0.6 is 0 Å². The van der Waals surface area contributed by atoms with E-state index in [1.54, 1.807) is 0 Å². The fourth-order valence-corrected chi connectivity index (χ4v) is 2.93. The van der Waals surface area contributed by atoms with Gasteiger partial charge in [-0.05, 0) is 19.9 Å². The molecule has 1 aliphatic rings. The Kier molecular flexibility index (Phi) is 5.31. The summed E-state index contributed by atoms with van der Waals surface area (Å²) in [4.78, 5) is 22.8. The molecule has 1 aliphatic heterocycles. The molecule has 7 heteroatoms. The second-order valence-electron chi connectivity index (χ2n) is 6.62. The zero-order valence-corrected chi connectivity index (χ0v) is 15.5. The SMILES string of the molecule is CCNc1nc(C)cc(N2CCN(c3ccnc(C(C)C)n3)CC2)n1. The lowest BCUT2D eigenvalue weighted by Crippen LogP contribution is -2.47. The number of aryl methyl sites for hydroxylation is 1. The van der Waals surface area contributed by atoms with Crippen LogP contribution in [0.1, 0.15) is 38.2 Å². The highest BCUT2D eigenvalue weighted by Gasteiger charge is 2.20. The first-order chi connectivity index (χ1) is 12.1. The Morgan fingerprint density at radius 2 is 1.72 bits per heavy atom. The molecule has 1 saturated heterocycles. The van der Waals surface area contributed by atoms with Crippen molar-refractivity contribution in [1.82, 2.24) is 19.9 Å². The van der Waals surface area contributed by atoms with E-state index >= 15 is 0 Å². The van der Waals surface area contributed by atoms with Crippen molar-refractivity contribution >= 4 is 17.6 Å². The number of hydrogen-bond donors (Lipinski definition) is 1. The summed E-state index contributed by atoms with van der Waals surface area (Å²) in [6, 6.07) is 4.05. The van der Waals surface area contributed by atoms with Crippen LogP contribution in [0.15, 0.2) is 18.3 Å². The highest BCUT2D eigenvalue weighted by atomic mass is 15.3. The fraction of sp³-hybridized carbons (Fsp3) is 0.556. The Balaban J connectivity index is 1.69. The third kappa shape index (κ3) is 4.15. The maximum Gasteiger partial charge on any atom is 0.224 e. The Morgan fingerprint density at radius 3 is 2.36 bits per heavy atom. The van der Waals surface area contributed by atoms with Crippen molar-refractivity contribution in [2.75, 3.05) is 47.8 Å². The minimum atomic E-state index is 0.342. The minimum Gasteiger partial charge on any atom is -0.354 e. The van der Waals surface area contributed by atoms with Crippen LogP contribution in [0.5, 0.6) is 0 Å². The predicted octanol–water partition coefficient (Wildman–Crippen LogP) is 2.46. The molecule has 0 aromatic carbocycles. The molecule has 0 saturated carbocycles. The minimum absolute atomic E-state index is 0.342. The maximum atomic E-state index is 4.71. The topological polar surface area (TPSA) is 70.1 Å². The summed E-state index contributed by atoms with van der Waals surface area (Å²) in [7, 11) is 0. The van der Waals surface area contributed by atoms with Crippen molar-refractivity contribution in [3.63, 3.8) is 0 Å². The molecule has 1 fully saturated rings. The van der Waals surface area contributed by atoms with Gasteiger partial charge in [-0.25, -0.2) is 15.0 Å². The molecule has 0 atom stereocenters. The van der Waals surface area contributed by atoms with E-state index in [4.69, 9.17) is 4.98 Å². The second kappa shape index (κ2) is 7.63. The van der Waals surface area contributed by atoms with Gasteiger partial charge in [-0.1, -0.05) is 13.8 Å². The van der Waals surface area contributed by atoms with Gasteiger partial charge in [-0.2, -0.15) is 4.98 Å². The fourth-order valence-electron chi connectivity index (χ4n) is 2.93. The number of hydrogen-bond acceptors (Lipinski definition) is 7. The smallest absolute Gasteiger partial charge is 0.224 e. The van der Waals surface area contributed by atoms with Gasteiger partial charge < -0.3 is 15.1 Å². The lowest BCUT2D eigenvalue weighted by Gasteiger charge is -2.36. The van der Waals surface area contributed by atoms with Gasteiger partial charge >= 0.3 is 0 Å². The van der Waals surface area contributed by atoms with E-state index in [2.05, 4.69) is 56.9 Å². The molecule has 0 radical (unpaired) electrons. The molecule has 0 spiro atoms. The number of aromatic nitrogens is 4. The standard InChI is InChI=1S/C18H27N7/c1-5-19-18-21-14(4)12-16(23-18)25-10-8-24(9-11-25)15-6-7-20-17(22-15)13(2)3/h6-7,12-13H,5,8-11H2,1-4H3,(H,19,21,23). The molecule has 0 aliphatic carbocycles. The summed E-state index contributed by atoms with van der Waals surface area (Å²) >= 11 is 0. The summed E-state index contributed by atoms with van der Waals surface area (Å²) in [5.41, 5.74) is 0.987. The van der Waals surface area contributed by atoms with Gasteiger partial charge in [0.15, 0.2) is 0 Å². The lowest BCUT2D eigenvalue weighted by atomic mass is 10.2. The molecule has 3 heterocycles. The van der Waals surface area contributed by atoms with Gasteiger partial charge in [0.25, 0.3) is 0 Å². The molecule has 0 bridgehead atoms. The average Bonchev–Trinajstić information content (AvgIpc) is 2.62. The third-order valence-corrected chi connectivity index (χ3v) is 4.28. The zero-order valence-electron chi connectivity index (χ0n) is 15.5. The van der Waals surface area contributed by atoms with E-state index in [9.17, 15) is 0 Å². The summed E-state index contributed by atoms with van der Waals surface area (Å²) in [5.74, 6) is 3.97. The van der Waals surface area contributed by atoms with Gasteiger partial charge in [0.05, 0.1) is 0 Å². The summed E-state index contributed by atoms with van der Waals surface area (Å²) in [6.07, 6.45) is 1.86. The molecule has 134 valence electrons. The molecule has 3 rings (SSSR count). The molecule has 25 heavy (non-hydrogen) atoms. The first-order valence-electron chi connectivity index (χ1n) is 8.99. The van der Waals surface area contributed by atoms with Crippen molar-refractivity contribution in [3.8, 4) is 0 Å². The van der Waals surface area contributed by atoms with Crippen molar-refractivity contribution in [1.29, 1.82) is 0 Å². The monoisotopic (exact) mass is 341 g/mol. The van der Waals surface area contributed by atoms with Crippen LogP contribution in [0, 0.1) is 6.92 Å². The number of piperazine rings is 1. The molecule has 2 aromatic rings. The molecular weight excluding hydrogens is 314 g/mol. The van der Waals surface area contributed by atoms with Crippen LogP contribution in [0.4, 0.5) is 17.6 Å². The van der Waals surface area contributed by atoms with E-state index in [0.29, 0.717) is 11.9 Å². The van der Waals surface area contributed by atoms with Crippen LogP contribution in [-0.4, -0.2) is 52.7 Å². The van der Waals surface area contributed by atoms with Crippen LogP contribution in [0.2, 0.25) is 0 Å². The third-order valence-electron chi connectivity index (χ3n) is 4.28. The van der Waals surface area contributed by atoms with Crippen LogP contribution in [0.25, 0.3) is 0 Å². The van der Waals surface area contributed by atoms with Crippen molar-refractivity contribution in [2.24, 2.45) is 0 Å². The number of nitrogens with zero attached hydrogens (tertiary/aromatic N) is 6. The van der Waals surface area contributed by atoms with E-state index in [1.807, 2.05) is 19.2 Å². The summed E-state index contributed by atoms with van der Waals surface area (Å²) < 4.78 is 0. The lowest BCUT2D eigenvalue weighted by molar-refractivity contribution is 0.636. The first-order valence-corrected chi connectivity index (χ1v) is 8.99. The Bertz CT molecular complexity index is 708. The number of nitrogens with one attached hydrogen (secondary N) is 1. The van der Waals surface area contributed by atoms with Crippen molar-refractivity contribution in [2.45, 2.75) is 33.6 Å². The number of anilines is 3. The number of rotatable bonds is 5. The summed E-state index contributed by atoms with van der Waals surface area (Å²) in [6.45, 7) is 12.8. The van der Waals surface area contributed by atoms with Crippen molar-refractivity contribution in [3.05, 3.63) is 29.8 Å². The average molecular weight is 341 g/mol. The summed E-state index contributed by atoms with van der Waals surface area (Å²) in [5, 5.41) is 3.20. The Morgan fingerprint density at radius 1 is 1.04 bits per heavy atom. The first kappa shape index (κ1) is 17.4. The van der Waals surface area contributed by atoms with E-state index < -0.39 is 0 Å². The molecule has 0 amide bonds. The Labute approximate surface area is 149 Å². The predicted molar refractivity (Wildman–Crippen MR) is 101 cm³/mol. The zero-order chi connectivity index (χ0) is 17.8. The van der Waals surface area contributed by atoms with Gasteiger partial charge in [0.2, 0.25) is 5.95 Å². The molecular formula is C18H27N7. The van der Waals surface area contributed by atoms with Gasteiger partial charge in [-0.3, -0.25) is 0 Å². The van der Waals surface area contributed by atoms with Gasteiger partial charge in [0.1, 0.15) is 17.5 Å². The van der Waals surface area contributed by atoms with Gasteiger partial charge in [-0.15, -0.1) is 0 Å². The van der Waals surface area contributed by atoms with Crippen LogP contribution in [0.3, 0.4) is 0 Å².